The van der Waals surface area contributed by atoms with Crippen LogP contribution in [-0.4, -0.2) is 34.5 Å². The number of carbonyl (C=O) groups excluding carboxylic acids is 1. The second kappa shape index (κ2) is 8.17. The van der Waals surface area contributed by atoms with E-state index >= 15 is 4.39 Å². The van der Waals surface area contributed by atoms with Crippen molar-refractivity contribution in [2.75, 3.05) is 18.0 Å². The van der Waals surface area contributed by atoms with Gasteiger partial charge in [0.15, 0.2) is 5.65 Å². The van der Waals surface area contributed by atoms with Gasteiger partial charge in [0.2, 0.25) is 5.43 Å². The number of allylic oxidation sites excluding steroid dienone is 2. The van der Waals surface area contributed by atoms with Crippen molar-refractivity contribution in [1.29, 1.82) is 0 Å². The van der Waals surface area contributed by atoms with Crippen molar-refractivity contribution >= 4 is 22.8 Å². The third kappa shape index (κ3) is 3.43. The van der Waals surface area contributed by atoms with Crippen LogP contribution in [0, 0.1) is 41.2 Å². The Labute approximate surface area is 226 Å². The lowest BCUT2D eigenvalue weighted by Crippen LogP contribution is -2.32. The van der Waals surface area contributed by atoms with E-state index in [9.17, 15) is 22.8 Å². The van der Waals surface area contributed by atoms with Crippen LogP contribution in [0.2, 0.25) is 0 Å². The highest BCUT2D eigenvalue weighted by Gasteiger charge is 2.71. The monoisotopic (exact) mass is 550 g/mol. The maximum Gasteiger partial charge on any atom is 0.260 e. The lowest BCUT2D eigenvalue weighted by Gasteiger charge is -2.25. The van der Waals surface area contributed by atoms with Gasteiger partial charge in [-0.2, -0.15) is 0 Å². The molecule has 5 unspecified atom stereocenters. The Morgan fingerprint density at radius 1 is 1.07 bits per heavy atom. The molecule has 40 heavy (non-hydrogen) atoms. The number of pyridine rings is 2. The molecule has 2 bridgehead atoms. The van der Waals surface area contributed by atoms with Crippen molar-refractivity contribution in [2.45, 2.75) is 38.0 Å². The van der Waals surface area contributed by atoms with Gasteiger partial charge in [0.1, 0.15) is 23.0 Å². The first-order chi connectivity index (χ1) is 19.2. The second-order valence-corrected chi connectivity index (χ2v) is 12.1. The number of rotatable bonds is 4. The number of anilines is 1. The fourth-order valence-electron chi connectivity index (χ4n) is 7.90. The van der Waals surface area contributed by atoms with Gasteiger partial charge in [-0.05, 0) is 79.7 Å². The summed E-state index contributed by atoms with van der Waals surface area (Å²) in [6, 6.07) is 6.10. The van der Waals surface area contributed by atoms with Crippen LogP contribution in [0.3, 0.4) is 0 Å². The van der Waals surface area contributed by atoms with Crippen LogP contribution in [0.1, 0.15) is 42.5 Å². The van der Waals surface area contributed by atoms with Gasteiger partial charge < -0.3 is 10.2 Å². The van der Waals surface area contributed by atoms with Crippen LogP contribution in [0.5, 0.6) is 0 Å². The average molecular weight is 551 g/mol. The van der Waals surface area contributed by atoms with Gasteiger partial charge in [-0.3, -0.25) is 14.2 Å². The van der Waals surface area contributed by atoms with Gasteiger partial charge in [-0.25, -0.2) is 22.5 Å². The quantitative estimate of drug-likeness (QED) is 0.455. The number of halogens is 4. The van der Waals surface area contributed by atoms with E-state index in [1.807, 2.05) is 0 Å². The predicted molar refractivity (Wildman–Crippen MR) is 139 cm³/mol. The number of amides is 1. The highest BCUT2D eigenvalue weighted by Crippen LogP contribution is 2.59. The standard InChI is InChI=1S/C30H26F4N4O2/c31-16-2-5-25(23(32)10-16)38-11-20(29(40)35-24-9-14-7-15-1-3-17(24)19(15)8-14)27(39)18-4-6-26(36-28(18)38)37-12-21-22(13-37)30(21,33)34/h2,4-6,10-11,14-15,19,21-22H,1,3,7-9,12-13H2,(H,35,40). The number of fused-ring (bicyclic) bond motifs is 3. The number of piperidine rings is 1. The molecule has 6 nitrogen and oxygen atoms in total. The minimum Gasteiger partial charge on any atom is -0.356 e. The van der Waals surface area contributed by atoms with Crippen LogP contribution in [0.4, 0.5) is 23.4 Å². The molecule has 1 saturated heterocycles. The summed E-state index contributed by atoms with van der Waals surface area (Å²) in [5, 5.41) is 3.10. The Balaban J connectivity index is 1.22. The van der Waals surface area contributed by atoms with Gasteiger partial charge >= 0.3 is 0 Å². The normalized spacial score (nSPS) is 29.3. The Morgan fingerprint density at radius 2 is 1.88 bits per heavy atom. The van der Waals surface area contributed by atoms with E-state index < -0.39 is 40.7 Å². The fourth-order valence-corrected chi connectivity index (χ4v) is 7.90. The number of benzene rings is 1. The van der Waals surface area contributed by atoms with Crippen molar-refractivity contribution < 1.29 is 22.4 Å². The van der Waals surface area contributed by atoms with Crippen molar-refractivity contribution in [3.8, 4) is 5.69 Å². The molecular formula is C30H26F4N4O2. The smallest absolute Gasteiger partial charge is 0.260 e. The van der Waals surface area contributed by atoms with E-state index in [0.29, 0.717) is 23.6 Å². The van der Waals surface area contributed by atoms with Crippen LogP contribution < -0.4 is 15.6 Å². The predicted octanol–water partition coefficient (Wildman–Crippen LogP) is 5.19. The first-order valence-corrected chi connectivity index (χ1v) is 13.9. The summed E-state index contributed by atoms with van der Waals surface area (Å²) in [7, 11) is 0. The Hall–Kier alpha value is -3.69. The number of carbonyl (C=O) groups is 1. The van der Waals surface area contributed by atoms with E-state index in [4.69, 9.17) is 0 Å². The summed E-state index contributed by atoms with van der Waals surface area (Å²) < 4.78 is 57.6. The molecule has 1 aromatic carbocycles. The van der Waals surface area contributed by atoms with E-state index in [1.54, 1.807) is 11.0 Å². The molecule has 1 amide bonds. The zero-order valence-corrected chi connectivity index (χ0v) is 21.5. The molecule has 4 fully saturated rings. The molecular weight excluding hydrogens is 524 g/mol. The first-order valence-electron chi connectivity index (χ1n) is 13.9. The van der Waals surface area contributed by atoms with E-state index in [2.05, 4.69) is 10.3 Å². The van der Waals surface area contributed by atoms with E-state index in [-0.39, 0.29) is 35.4 Å². The zero-order chi connectivity index (χ0) is 27.5. The van der Waals surface area contributed by atoms with Crippen molar-refractivity contribution in [3.63, 3.8) is 0 Å². The Kier molecular flexibility index (Phi) is 4.93. The minimum absolute atomic E-state index is 0.0632. The Bertz CT molecular complexity index is 1700. The maximum absolute atomic E-state index is 15.0. The molecule has 10 heteroatoms. The van der Waals surface area contributed by atoms with Crippen molar-refractivity contribution in [1.82, 2.24) is 14.9 Å². The van der Waals surface area contributed by atoms with Gasteiger partial charge in [0.05, 0.1) is 22.9 Å². The second-order valence-electron chi connectivity index (χ2n) is 12.1. The summed E-state index contributed by atoms with van der Waals surface area (Å²) in [4.78, 5) is 33.5. The number of nitrogens with zero attached hydrogens (tertiary/aromatic N) is 3. The molecule has 4 aliphatic carbocycles. The molecule has 0 radical (unpaired) electrons. The topological polar surface area (TPSA) is 67.2 Å². The SMILES string of the molecule is O=C(NC1=C2CCC3CC(C1)CC23)c1cn(-c2ccc(F)cc2F)c2nc(N3CC4C(C3)C4(F)F)ccc2c1=O. The van der Waals surface area contributed by atoms with Crippen LogP contribution >= 0.6 is 0 Å². The van der Waals surface area contributed by atoms with Gasteiger partial charge in [0.25, 0.3) is 11.8 Å². The summed E-state index contributed by atoms with van der Waals surface area (Å²) >= 11 is 0. The summed E-state index contributed by atoms with van der Waals surface area (Å²) in [5.74, 6) is -4.25. The number of alkyl halides is 2. The molecule has 1 aliphatic heterocycles. The molecule has 8 rings (SSSR count). The van der Waals surface area contributed by atoms with Crippen LogP contribution in [0.15, 0.2) is 52.6 Å². The highest BCUT2D eigenvalue weighted by atomic mass is 19.3. The average Bonchev–Trinajstić information content (AvgIpc) is 3.41. The molecule has 3 aromatic rings. The lowest BCUT2D eigenvalue weighted by atomic mass is 9.86. The molecule has 3 heterocycles. The maximum atomic E-state index is 15.0. The number of hydrogen-bond acceptors (Lipinski definition) is 4. The van der Waals surface area contributed by atoms with E-state index in [1.165, 1.54) is 34.9 Å². The number of nitrogens with one attached hydrogen (secondary N) is 1. The summed E-state index contributed by atoms with van der Waals surface area (Å²) in [5.41, 5.74) is 1.44. The lowest BCUT2D eigenvalue weighted by molar-refractivity contribution is 0.0796. The molecule has 5 atom stereocenters. The molecule has 1 N–H and O–H groups in total. The highest BCUT2D eigenvalue weighted by molar-refractivity contribution is 5.98. The van der Waals surface area contributed by atoms with Gasteiger partial charge in [-0.1, -0.05) is 0 Å². The van der Waals surface area contributed by atoms with Gasteiger partial charge in [-0.15, -0.1) is 0 Å². The third-order valence-electron chi connectivity index (χ3n) is 9.94. The number of aromatic nitrogens is 2. The van der Waals surface area contributed by atoms with Crippen molar-refractivity contribution in [2.24, 2.45) is 29.6 Å². The van der Waals surface area contributed by atoms with Crippen molar-refractivity contribution in [3.05, 3.63) is 75.2 Å². The molecule has 3 saturated carbocycles. The van der Waals surface area contributed by atoms with Crippen LogP contribution in [-0.2, 0) is 0 Å². The first kappa shape index (κ1) is 24.1. The molecule has 206 valence electrons. The van der Waals surface area contributed by atoms with Gasteiger partial charge in [0, 0.05) is 31.0 Å². The largest absolute Gasteiger partial charge is 0.356 e. The summed E-state index contributed by atoms with van der Waals surface area (Å²) in [6.45, 7) is 0.262. The Morgan fingerprint density at radius 3 is 2.65 bits per heavy atom. The third-order valence-corrected chi connectivity index (χ3v) is 9.94. The van der Waals surface area contributed by atoms with Crippen LogP contribution in [0.25, 0.3) is 16.7 Å². The summed E-state index contributed by atoms with van der Waals surface area (Å²) in [6.07, 6.45) is 6.46. The minimum atomic E-state index is -2.66. The zero-order valence-electron chi connectivity index (χ0n) is 21.5. The van der Waals surface area contributed by atoms with E-state index in [0.717, 1.165) is 43.5 Å². The molecule has 5 aliphatic rings. The molecule has 2 aromatic heterocycles. The molecule has 0 spiro atoms. The number of hydrogen-bond donors (Lipinski definition) is 1. The fraction of sp³-hybridized carbons (Fsp3) is 0.433.